The van der Waals surface area contributed by atoms with Gasteiger partial charge in [-0.15, -0.1) is 6.58 Å². The van der Waals surface area contributed by atoms with E-state index in [9.17, 15) is 9.59 Å². The van der Waals surface area contributed by atoms with Gasteiger partial charge in [0.15, 0.2) is 6.10 Å². The van der Waals surface area contributed by atoms with Crippen LogP contribution in [-0.2, 0) is 9.59 Å². The molecule has 0 bridgehead atoms. The van der Waals surface area contributed by atoms with Crippen molar-refractivity contribution >= 4 is 11.8 Å². The van der Waals surface area contributed by atoms with Crippen LogP contribution in [0, 0.1) is 6.92 Å². The van der Waals surface area contributed by atoms with E-state index < -0.39 is 6.10 Å². The zero-order chi connectivity index (χ0) is 15.0. The molecule has 108 valence electrons. The summed E-state index contributed by atoms with van der Waals surface area (Å²) in [5.41, 5.74) is 1.05. The highest BCUT2D eigenvalue weighted by molar-refractivity contribution is 5.86. The lowest BCUT2D eigenvalue weighted by Gasteiger charge is -2.14. The van der Waals surface area contributed by atoms with Gasteiger partial charge in [0.25, 0.3) is 5.91 Å². The van der Waals surface area contributed by atoms with Gasteiger partial charge in [0.1, 0.15) is 5.75 Å². The minimum Gasteiger partial charge on any atom is -0.481 e. The van der Waals surface area contributed by atoms with Crippen molar-refractivity contribution in [3.63, 3.8) is 0 Å². The standard InChI is InChI=1S/C15H20N2O3/c1-4-8-16-14(18)10-17-15(19)12(3)20-13-7-5-6-11(2)9-13/h4-7,9,12H,1,8,10H2,2-3H3,(H,16,18)(H,17,19)/t12-/m1/s1. The molecule has 1 aromatic rings. The molecule has 1 atom stereocenters. The summed E-state index contributed by atoms with van der Waals surface area (Å²) in [6.07, 6.45) is 0.910. The van der Waals surface area contributed by atoms with Crippen LogP contribution < -0.4 is 15.4 Å². The first-order chi connectivity index (χ1) is 9.52. The summed E-state index contributed by atoms with van der Waals surface area (Å²) >= 11 is 0. The van der Waals surface area contributed by atoms with Gasteiger partial charge in [-0.2, -0.15) is 0 Å². The fraction of sp³-hybridized carbons (Fsp3) is 0.333. The molecule has 1 aromatic carbocycles. The van der Waals surface area contributed by atoms with Crippen LogP contribution in [0.3, 0.4) is 0 Å². The second kappa shape index (κ2) is 7.99. The molecular weight excluding hydrogens is 256 g/mol. The minimum absolute atomic E-state index is 0.0752. The highest BCUT2D eigenvalue weighted by Gasteiger charge is 2.15. The number of carbonyl (C=O) groups excluding carboxylic acids is 2. The van der Waals surface area contributed by atoms with Crippen molar-refractivity contribution in [2.24, 2.45) is 0 Å². The van der Waals surface area contributed by atoms with Gasteiger partial charge in [-0.25, -0.2) is 0 Å². The zero-order valence-electron chi connectivity index (χ0n) is 11.8. The maximum Gasteiger partial charge on any atom is 0.261 e. The van der Waals surface area contributed by atoms with Crippen molar-refractivity contribution in [1.29, 1.82) is 0 Å². The second-order valence-corrected chi connectivity index (χ2v) is 4.39. The number of nitrogens with one attached hydrogen (secondary N) is 2. The van der Waals surface area contributed by atoms with E-state index in [1.54, 1.807) is 19.1 Å². The van der Waals surface area contributed by atoms with Crippen LogP contribution in [-0.4, -0.2) is 31.0 Å². The van der Waals surface area contributed by atoms with E-state index in [2.05, 4.69) is 17.2 Å². The second-order valence-electron chi connectivity index (χ2n) is 4.39. The number of ether oxygens (including phenoxy) is 1. The Morgan fingerprint density at radius 2 is 2.15 bits per heavy atom. The van der Waals surface area contributed by atoms with Crippen molar-refractivity contribution in [2.75, 3.05) is 13.1 Å². The van der Waals surface area contributed by atoms with Crippen molar-refractivity contribution in [3.05, 3.63) is 42.5 Å². The Morgan fingerprint density at radius 3 is 2.80 bits per heavy atom. The number of hydrogen-bond donors (Lipinski definition) is 2. The third-order valence-electron chi connectivity index (χ3n) is 2.54. The molecule has 2 amide bonds. The Labute approximate surface area is 119 Å². The molecule has 5 heteroatoms. The predicted octanol–water partition coefficient (Wildman–Crippen LogP) is 1.18. The maximum absolute atomic E-state index is 11.8. The number of carbonyl (C=O) groups is 2. The molecule has 0 aliphatic rings. The number of rotatable bonds is 7. The number of benzene rings is 1. The summed E-state index contributed by atoms with van der Waals surface area (Å²) < 4.78 is 5.51. The molecule has 0 saturated heterocycles. The Balaban J connectivity index is 2.39. The van der Waals surface area contributed by atoms with E-state index in [1.165, 1.54) is 0 Å². The number of amides is 2. The lowest BCUT2D eigenvalue weighted by molar-refractivity contribution is -0.130. The van der Waals surface area contributed by atoms with Crippen molar-refractivity contribution in [1.82, 2.24) is 10.6 Å². The molecule has 0 fully saturated rings. The molecule has 2 N–H and O–H groups in total. The monoisotopic (exact) mass is 276 g/mol. The molecule has 0 aromatic heterocycles. The quantitative estimate of drug-likeness (QED) is 0.735. The van der Waals surface area contributed by atoms with E-state index in [0.29, 0.717) is 12.3 Å². The molecule has 0 heterocycles. The molecule has 0 aliphatic heterocycles. The summed E-state index contributed by atoms with van der Waals surface area (Å²) in [5, 5.41) is 5.09. The minimum atomic E-state index is -0.663. The van der Waals surface area contributed by atoms with Gasteiger partial charge in [0, 0.05) is 6.54 Å². The molecule has 0 radical (unpaired) electrons. The fourth-order valence-corrected chi connectivity index (χ4v) is 1.51. The third-order valence-corrected chi connectivity index (χ3v) is 2.54. The molecule has 5 nitrogen and oxygen atoms in total. The molecule has 0 unspecified atom stereocenters. The van der Waals surface area contributed by atoms with Crippen LogP contribution in [0.1, 0.15) is 12.5 Å². The highest BCUT2D eigenvalue weighted by Crippen LogP contribution is 2.14. The van der Waals surface area contributed by atoms with Crippen LogP contribution >= 0.6 is 0 Å². The zero-order valence-corrected chi connectivity index (χ0v) is 11.8. The fourth-order valence-electron chi connectivity index (χ4n) is 1.51. The van der Waals surface area contributed by atoms with E-state index in [0.717, 1.165) is 5.56 Å². The summed E-state index contributed by atoms with van der Waals surface area (Å²) in [7, 11) is 0. The first-order valence-electron chi connectivity index (χ1n) is 6.41. The van der Waals surface area contributed by atoms with Crippen molar-refractivity contribution in [2.45, 2.75) is 20.0 Å². The van der Waals surface area contributed by atoms with Gasteiger partial charge in [0.05, 0.1) is 6.54 Å². The average molecular weight is 276 g/mol. The summed E-state index contributed by atoms with van der Waals surface area (Å²) in [6, 6.07) is 7.44. The molecule has 0 saturated carbocycles. The topological polar surface area (TPSA) is 67.4 Å². The molecule has 0 aliphatic carbocycles. The lowest BCUT2D eigenvalue weighted by atomic mass is 10.2. The van der Waals surface area contributed by atoms with Crippen molar-refractivity contribution in [3.8, 4) is 5.75 Å². The molecular formula is C15H20N2O3. The SMILES string of the molecule is C=CCNC(=O)CNC(=O)[C@@H](C)Oc1cccc(C)c1. The van der Waals surface area contributed by atoms with Gasteiger partial charge < -0.3 is 15.4 Å². The smallest absolute Gasteiger partial charge is 0.261 e. The summed E-state index contributed by atoms with van der Waals surface area (Å²) in [6.45, 7) is 7.38. The average Bonchev–Trinajstić information content (AvgIpc) is 2.42. The molecule has 1 rings (SSSR count). The van der Waals surface area contributed by atoms with Crippen LogP contribution in [0.2, 0.25) is 0 Å². The maximum atomic E-state index is 11.8. The van der Waals surface area contributed by atoms with Crippen molar-refractivity contribution < 1.29 is 14.3 Å². The summed E-state index contributed by atoms with van der Waals surface area (Å²) in [5.74, 6) is 0.0324. The van der Waals surface area contributed by atoms with Crippen LogP contribution in [0.15, 0.2) is 36.9 Å². The van der Waals surface area contributed by atoms with Gasteiger partial charge in [-0.3, -0.25) is 9.59 Å². The van der Waals surface area contributed by atoms with Gasteiger partial charge in [-0.05, 0) is 31.5 Å². The Kier molecular flexibility index (Phi) is 6.29. The predicted molar refractivity (Wildman–Crippen MR) is 77.5 cm³/mol. The Bertz CT molecular complexity index is 486. The van der Waals surface area contributed by atoms with E-state index in [1.807, 2.05) is 25.1 Å². The van der Waals surface area contributed by atoms with Crippen LogP contribution in [0.25, 0.3) is 0 Å². The molecule has 0 spiro atoms. The Hall–Kier alpha value is -2.30. The van der Waals surface area contributed by atoms with E-state index in [4.69, 9.17) is 4.74 Å². The molecule has 20 heavy (non-hydrogen) atoms. The van der Waals surface area contributed by atoms with Gasteiger partial charge >= 0.3 is 0 Å². The first-order valence-corrected chi connectivity index (χ1v) is 6.41. The van der Waals surface area contributed by atoms with Crippen LogP contribution in [0.4, 0.5) is 0 Å². The van der Waals surface area contributed by atoms with Gasteiger partial charge in [-0.1, -0.05) is 18.2 Å². The van der Waals surface area contributed by atoms with E-state index in [-0.39, 0.29) is 18.4 Å². The van der Waals surface area contributed by atoms with Crippen LogP contribution in [0.5, 0.6) is 5.75 Å². The van der Waals surface area contributed by atoms with E-state index >= 15 is 0 Å². The normalized spacial score (nSPS) is 11.3. The number of hydrogen-bond acceptors (Lipinski definition) is 3. The Morgan fingerprint density at radius 1 is 1.40 bits per heavy atom. The third kappa shape index (κ3) is 5.56. The first kappa shape index (κ1) is 15.8. The lowest BCUT2D eigenvalue weighted by Crippen LogP contribution is -2.42. The highest BCUT2D eigenvalue weighted by atomic mass is 16.5. The largest absolute Gasteiger partial charge is 0.481 e. The van der Waals surface area contributed by atoms with Gasteiger partial charge in [0.2, 0.25) is 5.91 Å². The number of aryl methyl sites for hydroxylation is 1. The summed E-state index contributed by atoms with van der Waals surface area (Å²) in [4.78, 5) is 23.1.